The van der Waals surface area contributed by atoms with Crippen LogP contribution in [0.1, 0.15) is 32.6 Å². The zero-order chi connectivity index (χ0) is 23.4. The third kappa shape index (κ3) is 6.24. The van der Waals surface area contributed by atoms with Crippen LogP contribution in [0, 0.1) is 0 Å². The van der Waals surface area contributed by atoms with Gasteiger partial charge in [-0.15, -0.1) is 0 Å². The molecule has 1 fully saturated rings. The lowest BCUT2D eigenvalue weighted by atomic mass is 9.80. The maximum atomic E-state index is 12.9. The minimum atomic E-state index is -0.613. The molecule has 2 aromatic carbocycles. The number of halogens is 2. The van der Waals surface area contributed by atoms with Gasteiger partial charge in [0.05, 0.1) is 12.2 Å². The molecule has 2 amide bonds. The Morgan fingerprint density at radius 2 is 1.82 bits per heavy atom. The number of nitrogens with one attached hydrogen (secondary N) is 3. The number of benzene rings is 2. The summed E-state index contributed by atoms with van der Waals surface area (Å²) < 4.78 is 11.4. The van der Waals surface area contributed by atoms with E-state index in [1.165, 1.54) is 0 Å². The van der Waals surface area contributed by atoms with Gasteiger partial charge in [0.1, 0.15) is 11.5 Å². The molecule has 1 heterocycles. The molecule has 0 spiro atoms. The van der Waals surface area contributed by atoms with E-state index in [1.807, 2.05) is 6.92 Å². The predicted molar refractivity (Wildman–Crippen MR) is 128 cm³/mol. The van der Waals surface area contributed by atoms with Crippen molar-refractivity contribution in [2.45, 2.75) is 50.3 Å². The van der Waals surface area contributed by atoms with Crippen LogP contribution in [-0.2, 0) is 9.59 Å². The number of carbonyl (C=O) groups excluding carboxylic acids is 2. The van der Waals surface area contributed by atoms with Gasteiger partial charge >= 0.3 is 0 Å². The highest BCUT2D eigenvalue weighted by Crippen LogP contribution is 2.32. The van der Waals surface area contributed by atoms with Crippen molar-refractivity contribution in [2.75, 3.05) is 18.5 Å². The van der Waals surface area contributed by atoms with Crippen molar-refractivity contribution in [1.29, 1.82) is 0 Å². The number of rotatable bonds is 6. The van der Waals surface area contributed by atoms with Crippen LogP contribution in [0.15, 0.2) is 42.5 Å². The molecule has 1 aliphatic carbocycles. The zero-order valence-electron chi connectivity index (χ0n) is 18.3. The topological polar surface area (TPSA) is 88.7 Å². The van der Waals surface area contributed by atoms with Crippen molar-refractivity contribution in [3.8, 4) is 11.5 Å². The van der Waals surface area contributed by atoms with Crippen molar-refractivity contribution < 1.29 is 19.1 Å². The van der Waals surface area contributed by atoms with Crippen LogP contribution in [0.4, 0.5) is 5.69 Å². The third-order valence-electron chi connectivity index (χ3n) is 6.04. The lowest BCUT2D eigenvalue weighted by molar-refractivity contribution is -0.130. The Morgan fingerprint density at radius 3 is 2.55 bits per heavy atom. The maximum absolute atomic E-state index is 12.9. The van der Waals surface area contributed by atoms with Gasteiger partial charge in [-0.3, -0.25) is 9.59 Å². The fourth-order valence-corrected chi connectivity index (χ4v) is 4.44. The Bertz CT molecular complexity index is 1010. The molecule has 2 aliphatic rings. The van der Waals surface area contributed by atoms with Crippen molar-refractivity contribution in [3.05, 3.63) is 52.5 Å². The largest absolute Gasteiger partial charge is 0.484 e. The molecular weight excluding hydrogens is 465 g/mol. The molecule has 33 heavy (non-hydrogen) atoms. The van der Waals surface area contributed by atoms with E-state index >= 15 is 0 Å². The van der Waals surface area contributed by atoms with Crippen molar-refractivity contribution >= 4 is 40.7 Å². The molecule has 0 bridgehead atoms. The summed E-state index contributed by atoms with van der Waals surface area (Å²) in [5.74, 6) is 0.898. The molecule has 9 heteroatoms. The van der Waals surface area contributed by atoms with Gasteiger partial charge in [0.2, 0.25) is 0 Å². The van der Waals surface area contributed by atoms with E-state index in [0.29, 0.717) is 28.1 Å². The average molecular weight is 492 g/mol. The molecule has 1 saturated carbocycles. The van der Waals surface area contributed by atoms with Gasteiger partial charge in [0.25, 0.3) is 11.8 Å². The lowest BCUT2D eigenvalue weighted by Crippen LogP contribution is -2.56. The van der Waals surface area contributed by atoms with Crippen molar-refractivity contribution in [1.82, 2.24) is 10.6 Å². The summed E-state index contributed by atoms with van der Waals surface area (Å²) in [6, 6.07) is 12.2. The molecule has 0 saturated heterocycles. The van der Waals surface area contributed by atoms with E-state index in [0.717, 1.165) is 31.4 Å². The number of hydrogen-bond acceptors (Lipinski definition) is 5. The Labute approximate surface area is 203 Å². The first-order chi connectivity index (χ1) is 15.8. The van der Waals surface area contributed by atoms with Crippen molar-refractivity contribution in [3.63, 3.8) is 0 Å². The second-order valence-corrected chi connectivity index (χ2v) is 9.64. The molecule has 0 aromatic heterocycles. The molecule has 1 aliphatic heterocycles. The number of ether oxygens (including phenoxy) is 2. The highest BCUT2D eigenvalue weighted by Gasteiger charge is 2.36. The Kier molecular flexibility index (Phi) is 7.20. The van der Waals surface area contributed by atoms with Crippen LogP contribution in [0.5, 0.6) is 11.5 Å². The third-order valence-corrected chi connectivity index (χ3v) is 6.53. The Balaban J connectivity index is 1.21. The van der Waals surface area contributed by atoms with Gasteiger partial charge in [-0.25, -0.2) is 0 Å². The maximum Gasteiger partial charge on any atom is 0.263 e. The van der Waals surface area contributed by atoms with Crippen LogP contribution >= 0.6 is 23.2 Å². The number of anilines is 1. The normalized spacial score (nSPS) is 24.0. The summed E-state index contributed by atoms with van der Waals surface area (Å²) in [6.07, 6.45) is 2.45. The highest BCUT2D eigenvalue weighted by atomic mass is 35.5. The predicted octanol–water partition coefficient (Wildman–Crippen LogP) is 4.18. The SMILES string of the molecule is CC1(NC(=O)C2CNc3cc(Cl)ccc3O2)CCC(NC(=O)COc2ccc(Cl)cc2)CC1. The summed E-state index contributed by atoms with van der Waals surface area (Å²) in [4.78, 5) is 25.1. The van der Waals surface area contributed by atoms with E-state index < -0.39 is 6.10 Å². The van der Waals surface area contributed by atoms with Gasteiger partial charge in [0.15, 0.2) is 12.7 Å². The van der Waals surface area contributed by atoms with Crippen LogP contribution in [-0.4, -0.2) is 42.7 Å². The first-order valence-corrected chi connectivity index (χ1v) is 11.8. The Hall–Kier alpha value is -2.64. The van der Waals surface area contributed by atoms with Gasteiger partial charge in [0, 0.05) is 21.6 Å². The monoisotopic (exact) mass is 491 g/mol. The number of fused-ring (bicyclic) bond motifs is 1. The first-order valence-electron chi connectivity index (χ1n) is 11.0. The van der Waals surface area contributed by atoms with Gasteiger partial charge in [-0.2, -0.15) is 0 Å². The molecule has 4 rings (SSSR count). The molecule has 3 N–H and O–H groups in total. The number of hydrogen-bond donors (Lipinski definition) is 3. The summed E-state index contributed by atoms with van der Waals surface area (Å²) in [5.41, 5.74) is 0.441. The lowest BCUT2D eigenvalue weighted by Gasteiger charge is -2.39. The minimum absolute atomic E-state index is 0.0508. The first kappa shape index (κ1) is 23.5. The molecule has 2 aromatic rings. The molecule has 1 atom stereocenters. The van der Waals surface area contributed by atoms with Crippen LogP contribution < -0.4 is 25.4 Å². The smallest absolute Gasteiger partial charge is 0.263 e. The van der Waals surface area contributed by atoms with E-state index in [-0.39, 0.29) is 30.0 Å². The van der Waals surface area contributed by atoms with Gasteiger partial charge < -0.3 is 25.4 Å². The second-order valence-electron chi connectivity index (χ2n) is 8.76. The summed E-state index contributed by atoms with van der Waals surface area (Å²) in [6.45, 7) is 2.36. The van der Waals surface area contributed by atoms with Crippen LogP contribution in [0.2, 0.25) is 10.0 Å². The summed E-state index contributed by atoms with van der Waals surface area (Å²) in [5, 5.41) is 10.6. The average Bonchev–Trinajstić information content (AvgIpc) is 2.80. The summed E-state index contributed by atoms with van der Waals surface area (Å²) >= 11 is 11.9. The van der Waals surface area contributed by atoms with Crippen molar-refractivity contribution in [2.24, 2.45) is 0 Å². The number of carbonyl (C=O) groups is 2. The highest BCUT2D eigenvalue weighted by molar-refractivity contribution is 6.31. The fraction of sp³-hybridized carbons (Fsp3) is 0.417. The van der Waals surface area contributed by atoms with Gasteiger partial charge in [-0.1, -0.05) is 23.2 Å². The Morgan fingerprint density at radius 1 is 1.12 bits per heavy atom. The van der Waals surface area contributed by atoms with Crippen LogP contribution in [0.3, 0.4) is 0 Å². The molecule has 7 nitrogen and oxygen atoms in total. The van der Waals surface area contributed by atoms with E-state index in [1.54, 1.807) is 42.5 Å². The van der Waals surface area contributed by atoms with E-state index in [9.17, 15) is 9.59 Å². The molecule has 1 unspecified atom stereocenters. The molecule has 0 radical (unpaired) electrons. The van der Waals surface area contributed by atoms with Crippen LogP contribution in [0.25, 0.3) is 0 Å². The van der Waals surface area contributed by atoms with E-state index in [2.05, 4.69) is 16.0 Å². The minimum Gasteiger partial charge on any atom is -0.484 e. The van der Waals surface area contributed by atoms with Gasteiger partial charge in [-0.05, 0) is 75.1 Å². The molecule has 176 valence electrons. The molecular formula is C24H27Cl2N3O4. The number of amides is 2. The summed E-state index contributed by atoms with van der Waals surface area (Å²) in [7, 11) is 0. The quantitative estimate of drug-likeness (QED) is 0.563. The fourth-order valence-electron chi connectivity index (χ4n) is 4.14. The van der Waals surface area contributed by atoms with E-state index in [4.69, 9.17) is 32.7 Å². The standard InChI is InChI=1S/C24H27Cl2N3O4/c1-24(29-23(31)21-13-27-19-12-16(26)4-7-20(19)33-21)10-8-17(9-11-24)28-22(30)14-32-18-5-2-15(25)3-6-18/h2-7,12,17,21,27H,8-11,13-14H2,1H3,(H,28,30)(H,29,31). The second kappa shape index (κ2) is 10.1. The zero-order valence-corrected chi connectivity index (χ0v) is 19.8.